The van der Waals surface area contributed by atoms with Crippen molar-refractivity contribution in [3.63, 3.8) is 0 Å². The van der Waals surface area contributed by atoms with Crippen LogP contribution in [-0.4, -0.2) is 26.8 Å². The number of hydrogen-bond acceptors (Lipinski definition) is 6. The van der Waals surface area contributed by atoms with Crippen LogP contribution >= 0.6 is 11.8 Å². The molecule has 0 amide bonds. The Balaban J connectivity index is 1.82. The molecular formula is C12H15N5OS. The molecule has 1 aliphatic carbocycles. The fraction of sp³-hybridized carbons (Fsp3) is 0.417. The summed E-state index contributed by atoms with van der Waals surface area (Å²) in [4.78, 5) is 1.02. The second kappa shape index (κ2) is 5.08. The first kappa shape index (κ1) is 12.3. The van der Waals surface area contributed by atoms with Gasteiger partial charge in [-0.05, 0) is 60.2 Å². The average Bonchev–Trinajstić information content (AvgIpc) is 3.15. The number of nitrogens with two attached hydrogens (primary N) is 1. The zero-order valence-corrected chi connectivity index (χ0v) is 11.4. The molecule has 2 N–H and O–H groups in total. The molecule has 1 fully saturated rings. The minimum absolute atomic E-state index is 0.470. The van der Waals surface area contributed by atoms with Crippen LogP contribution in [0.1, 0.15) is 25.8 Å². The highest BCUT2D eigenvalue weighted by Crippen LogP contribution is 2.38. The van der Waals surface area contributed by atoms with Crippen molar-refractivity contribution >= 4 is 17.4 Å². The van der Waals surface area contributed by atoms with Crippen LogP contribution in [-0.2, 0) is 0 Å². The molecule has 1 aliphatic rings. The van der Waals surface area contributed by atoms with Crippen molar-refractivity contribution in [2.45, 2.75) is 35.9 Å². The summed E-state index contributed by atoms with van der Waals surface area (Å²) in [5.41, 5.74) is 6.50. The Morgan fingerprint density at radius 2 is 2.32 bits per heavy atom. The van der Waals surface area contributed by atoms with Crippen LogP contribution in [0.25, 0.3) is 0 Å². The van der Waals surface area contributed by atoms with Crippen LogP contribution in [0.4, 0.5) is 5.69 Å². The fourth-order valence-corrected chi connectivity index (χ4v) is 2.63. The highest BCUT2D eigenvalue weighted by Gasteiger charge is 2.28. The summed E-state index contributed by atoms with van der Waals surface area (Å²) in [7, 11) is 0. The van der Waals surface area contributed by atoms with Gasteiger partial charge in [-0.1, -0.05) is 0 Å². The van der Waals surface area contributed by atoms with E-state index in [1.807, 2.05) is 29.8 Å². The topological polar surface area (TPSA) is 78.9 Å². The Labute approximate surface area is 115 Å². The van der Waals surface area contributed by atoms with Crippen molar-refractivity contribution in [3.8, 4) is 5.75 Å². The van der Waals surface area contributed by atoms with Crippen LogP contribution in [0, 0.1) is 0 Å². The lowest BCUT2D eigenvalue weighted by atomic mass is 10.3. The quantitative estimate of drug-likeness (QED) is 0.843. The Kier molecular flexibility index (Phi) is 3.29. The highest BCUT2D eigenvalue weighted by molar-refractivity contribution is 7.99. The summed E-state index contributed by atoms with van der Waals surface area (Å²) in [5, 5.41) is 12.6. The van der Waals surface area contributed by atoms with E-state index in [1.54, 1.807) is 0 Å². The standard InChI is InChI=1S/C12H15N5OS/c1-2-18-11-7-9(5-6-10(11)13)19-12-14-15-16-17(12)8-3-4-8/h5-8H,2-4,13H2,1H3. The zero-order valence-electron chi connectivity index (χ0n) is 10.6. The van der Waals surface area contributed by atoms with Crippen molar-refractivity contribution in [1.29, 1.82) is 0 Å². The molecule has 1 aromatic carbocycles. The minimum atomic E-state index is 0.470. The lowest BCUT2D eigenvalue weighted by Gasteiger charge is -2.08. The molecule has 6 nitrogen and oxygen atoms in total. The van der Waals surface area contributed by atoms with Gasteiger partial charge in [0.15, 0.2) is 0 Å². The van der Waals surface area contributed by atoms with Crippen molar-refractivity contribution in [3.05, 3.63) is 18.2 Å². The molecule has 19 heavy (non-hydrogen) atoms. The van der Waals surface area contributed by atoms with Crippen molar-refractivity contribution in [2.24, 2.45) is 0 Å². The van der Waals surface area contributed by atoms with Gasteiger partial charge in [-0.2, -0.15) is 0 Å². The van der Waals surface area contributed by atoms with Gasteiger partial charge < -0.3 is 10.5 Å². The molecule has 0 atom stereocenters. The minimum Gasteiger partial charge on any atom is -0.492 e. The first-order valence-corrected chi connectivity index (χ1v) is 7.07. The normalized spacial score (nSPS) is 14.6. The summed E-state index contributed by atoms with van der Waals surface area (Å²) in [6.07, 6.45) is 2.31. The molecule has 0 saturated heterocycles. The molecule has 1 heterocycles. The summed E-state index contributed by atoms with van der Waals surface area (Å²) in [6, 6.07) is 6.19. The Morgan fingerprint density at radius 3 is 3.05 bits per heavy atom. The lowest BCUT2D eigenvalue weighted by Crippen LogP contribution is -1.99. The van der Waals surface area contributed by atoms with Gasteiger partial charge in [0.25, 0.3) is 0 Å². The van der Waals surface area contributed by atoms with E-state index in [1.165, 1.54) is 11.8 Å². The number of aromatic nitrogens is 4. The maximum Gasteiger partial charge on any atom is 0.214 e. The van der Waals surface area contributed by atoms with Gasteiger partial charge in [-0.15, -0.1) is 5.10 Å². The third-order valence-corrected chi connectivity index (χ3v) is 3.79. The summed E-state index contributed by atoms with van der Waals surface area (Å²) in [6.45, 7) is 2.53. The van der Waals surface area contributed by atoms with Crippen molar-refractivity contribution in [1.82, 2.24) is 20.2 Å². The SMILES string of the molecule is CCOc1cc(Sc2nnnn2C2CC2)ccc1N. The van der Waals surface area contributed by atoms with Gasteiger partial charge in [0.2, 0.25) is 5.16 Å². The van der Waals surface area contributed by atoms with E-state index in [2.05, 4.69) is 15.5 Å². The number of hydrogen-bond donors (Lipinski definition) is 1. The fourth-order valence-electron chi connectivity index (χ4n) is 1.77. The Bertz CT molecular complexity index is 581. The molecule has 2 aromatic rings. The summed E-state index contributed by atoms with van der Waals surface area (Å²) >= 11 is 1.53. The van der Waals surface area contributed by atoms with Gasteiger partial charge >= 0.3 is 0 Å². The van der Waals surface area contributed by atoms with Gasteiger partial charge in [0.1, 0.15) is 5.75 Å². The van der Waals surface area contributed by atoms with Crippen LogP contribution in [0.5, 0.6) is 5.75 Å². The molecule has 1 saturated carbocycles. The third-order valence-electron chi connectivity index (χ3n) is 2.85. The second-order valence-electron chi connectivity index (χ2n) is 4.37. The van der Waals surface area contributed by atoms with Crippen LogP contribution in [0.15, 0.2) is 28.3 Å². The van der Waals surface area contributed by atoms with E-state index >= 15 is 0 Å². The van der Waals surface area contributed by atoms with E-state index in [0.717, 1.165) is 22.9 Å². The molecule has 0 spiro atoms. The summed E-state index contributed by atoms with van der Waals surface area (Å²) in [5.74, 6) is 0.706. The Morgan fingerprint density at radius 1 is 1.47 bits per heavy atom. The van der Waals surface area contributed by atoms with E-state index in [9.17, 15) is 0 Å². The van der Waals surface area contributed by atoms with Gasteiger partial charge in [0, 0.05) is 4.90 Å². The van der Waals surface area contributed by atoms with Gasteiger partial charge in [-0.25, -0.2) is 4.68 Å². The average molecular weight is 277 g/mol. The molecule has 1 aromatic heterocycles. The lowest BCUT2D eigenvalue weighted by molar-refractivity contribution is 0.341. The predicted molar refractivity (Wildman–Crippen MR) is 72.2 cm³/mol. The molecule has 100 valence electrons. The van der Waals surface area contributed by atoms with Crippen LogP contribution in [0.3, 0.4) is 0 Å². The van der Waals surface area contributed by atoms with Crippen LogP contribution in [0.2, 0.25) is 0 Å². The molecule has 0 radical (unpaired) electrons. The maximum absolute atomic E-state index is 5.86. The number of tetrazole rings is 1. The van der Waals surface area contributed by atoms with E-state index in [0.29, 0.717) is 24.1 Å². The van der Waals surface area contributed by atoms with Gasteiger partial charge in [-0.3, -0.25) is 0 Å². The number of benzene rings is 1. The number of rotatable bonds is 5. The molecule has 0 aliphatic heterocycles. The molecular weight excluding hydrogens is 262 g/mol. The molecule has 0 bridgehead atoms. The first-order valence-electron chi connectivity index (χ1n) is 6.26. The highest BCUT2D eigenvalue weighted by atomic mass is 32.2. The Hall–Kier alpha value is -1.76. The van der Waals surface area contributed by atoms with E-state index in [-0.39, 0.29) is 0 Å². The summed E-state index contributed by atoms with van der Waals surface area (Å²) < 4.78 is 7.38. The third kappa shape index (κ3) is 2.65. The number of ether oxygens (including phenoxy) is 1. The van der Waals surface area contributed by atoms with E-state index in [4.69, 9.17) is 10.5 Å². The monoisotopic (exact) mass is 277 g/mol. The number of nitrogen functional groups attached to an aromatic ring is 1. The number of anilines is 1. The number of nitrogens with zero attached hydrogens (tertiary/aromatic N) is 4. The first-order chi connectivity index (χ1) is 9.28. The van der Waals surface area contributed by atoms with E-state index < -0.39 is 0 Å². The maximum atomic E-state index is 5.86. The second-order valence-corrected chi connectivity index (χ2v) is 5.41. The largest absolute Gasteiger partial charge is 0.492 e. The molecule has 7 heteroatoms. The van der Waals surface area contributed by atoms with Gasteiger partial charge in [0.05, 0.1) is 18.3 Å². The van der Waals surface area contributed by atoms with Crippen molar-refractivity contribution in [2.75, 3.05) is 12.3 Å². The smallest absolute Gasteiger partial charge is 0.214 e. The predicted octanol–water partition coefficient (Wildman–Crippen LogP) is 2.14. The molecule has 3 rings (SSSR count). The van der Waals surface area contributed by atoms with Crippen LogP contribution < -0.4 is 10.5 Å². The van der Waals surface area contributed by atoms with Crippen molar-refractivity contribution < 1.29 is 4.74 Å². The molecule has 0 unspecified atom stereocenters. The zero-order chi connectivity index (χ0) is 13.2.